The maximum atomic E-state index is 5.47. The van der Waals surface area contributed by atoms with Crippen molar-refractivity contribution in [1.29, 1.82) is 0 Å². The van der Waals surface area contributed by atoms with Crippen LogP contribution in [0.3, 0.4) is 0 Å². The predicted octanol–water partition coefficient (Wildman–Crippen LogP) is 3.81. The molecule has 17 heavy (non-hydrogen) atoms. The first kappa shape index (κ1) is 10.9. The summed E-state index contributed by atoms with van der Waals surface area (Å²) >= 11 is 5.13. The second kappa shape index (κ2) is 4.19. The normalized spacial score (nSPS) is 18.7. The summed E-state index contributed by atoms with van der Waals surface area (Å²) in [6.45, 7) is 1.88. The predicted molar refractivity (Wildman–Crippen MR) is 68.7 cm³/mol. The van der Waals surface area contributed by atoms with Crippen LogP contribution in [0.5, 0.6) is 0 Å². The minimum atomic E-state index is 0.0404. The Labute approximate surface area is 111 Å². The lowest BCUT2D eigenvalue weighted by atomic mass is 10.2. The summed E-state index contributed by atoms with van der Waals surface area (Å²) in [5.41, 5.74) is 0.806. The van der Waals surface area contributed by atoms with Gasteiger partial charge in [-0.15, -0.1) is 11.3 Å². The van der Waals surface area contributed by atoms with Crippen LogP contribution in [0.2, 0.25) is 0 Å². The largest absolute Gasteiger partial charge is 0.384 e. The van der Waals surface area contributed by atoms with Crippen molar-refractivity contribution in [2.75, 3.05) is 5.06 Å². The van der Waals surface area contributed by atoms with Crippen LogP contribution in [0.4, 0.5) is 5.88 Å². The third-order valence-electron chi connectivity index (χ3n) is 2.50. The highest BCUT2D eigenvalue weighted by Gasteiger charge is 2.30. The Bertz CT molecular complexity index is 550. The molecule has 1 atom stereocenters. The van der Waals surface area contributed by atoms with E-state index in [1.807, 2.05) is 24.4 Å². The quantitative estimate of drug-likeness (QED) is 0.845. The highest BCUT2D eigenvalue weighted by molar-refractivity contribution is 9.10. The number of nitrogens with zero attached hydrogens (tertiary/aromatic N) is 2. The van der Waals surface area contributed by atoms with Gasteiger partial charge < -0.3 is 9.36 Å². The van der Waals surface area contributed by atoms with Crippen molar-refractivity contribution in [2.24, 2.45) is 0 Å². The smallest absolute Gasteiger partial charge is 0.275 e. The molecule has 3 heterocycles. The van der Waals surface area contributed by atoms with Crippen molar-refractivity contribution in [3.05, 3.63) is 44.9 Å². The number of aromatic nitrogens is 1. The molecule has 4 nitrogen and oxygen atoms in total. The summed E-state index contributed by atoms with van der Waals surface area (Å²) in [5.74, 6) is 0.589. The third kappa shape index (κ3) is 1.77. The second-order valence-electron chi connectivity index (χ2n) is 3.61. The number of rotatable bonds is 2. The molecular weight excluding hydrogens is 304 g/mol. The van der Waals surface area contributed by atoms with Gasteiger partial charge in [0.05, 0.1) is 5.69 Å². The third-order valence-corrected chi connectivity index (χ3v) is 4.35. The van der Waals surface area contributed by atoms with E-state index in [4.69, 9.17) is 9.36 Å². The molecule has 0 saturated carbocycles. The van der Waals surface area contributed by atoms with E-state index in [-0.39, 0.29) is 6.04 Å². The zero-order valence-electron chi connectivity index (χ0n) is 8.96. The highest BCUT2D eigenvalue weighted by atomic mass is 79.9. The number of aryl methyl sites for hydroxylation is 1. The van der Waals surface area contributed by atoms with Crippen molar-refractivity contribution in [2.45, 2.75) is 13.0 Å². The van der Waals surface area contributed by atoms with Gasteiger partial charge in [-0.05, 0) is 40.4 Å². The van der Waals surface area contributed by atoms with Gasteiger partial charge in [-0.2, -0.15) is 5.06 Å². The molecule has 2 aromatic rings. The first-order chi connectivity index (χ1) is 8.27. The Balaban J connectivity index is 1.96. The number of hydrogen-bond donors (Lipinski definition) is 0. The monoisotopic (exact) mass is 312 g/mol. The minimum Gasteiger partial charge on any atom is -0.384 e. The molecular formula is C11H9BrN2O2S. The first-order valence-electron chi connectivity index (χ1n) is 5.05. The van der Waals surface area contributed by atoms with Crippen LogP contribution in [-0.4, -0.2) is 5.16 Å². The Morgan fingerprint density at radius 2 is 2.41 bits per heavy atom. The van der Waals surface area contributed by atoms with Gasteiger partial charge in [-0.3, -0.25) is 0 Å². The minimum absolute atomic E-state index is 0.0404. The number of thiophene rings is 1. The average Bonchev–Trinajstić information content (AvgIpc) is 3.01. The Hall–Kier alpha value is -1.27. The van der Waals surface area contributed by atoms with Crippen molar-refractivity contribution in [1.82, 2.24) is 5.16 Å². The molecule has 0 spiro atoms. The summed E-state index contributed by atoms with van der Waals surface area (Å²) in [6, 6.07) is 4.13. The Morgan fingerprint density at radius 3 is 3.06 bits per heavy atom. The lowest BCUT2D eigenvalue weighted by Gasteiger charge is -2.20. The lowest BCUT2D eigenvalue weighted by molar-refractivity contribution is 0.199. The van der Waals surface area contributed by atoms with Gasteiger partial charge in [-0.25, -0.2) is 0 Å². The van der Waals surface area contributed by atoms with Gasteiger partial charge in [0.25, 0.3) is 5.88 Å². The zero-order valence-corrected chi connectivity index (χ0v) is 11.4. The van der Waals surface area contributed by atoms with Crippen molar-refractivity contribution >= 4 is 33.2 Å². The van der Waals surface area contributed by atoms with Crippen molar-refractivity contribution < 1.29 is 9.36 Å². The fourth-order valence-electron chi connectivity index (χ4n) is 1.65. The van der Waals surface area contributed by atoms with Crippen LogP contribution in [0.15, 0.2) is 38.8 Å². The van der Waals surface area contributed by atoms with E-state index in [9.17, 15) is 0 Å². The molecule has 0 aliphatic carbocycles. The maximum Gasteiger partial charge on any atom is 0.275 e. The molecule has 0 N–H and O–H groups in total. The molecule has 1 unspecified atom stereocenters. The number of halogens is 1. The van der Waals surface area contributed by atoms with E-state index < -0.39 is 0 Å². The molecule has 2 aromatic heterocycles. The number of hydroxylamine groups is 1. The van der Waals surface area contributed by atoms with Crippen molar-refractivity contribution in [3.8, 4) is 0 Å². The van der Waals surface area contributed by atoms with Crippen LogP contribution < -0.4 is 5.06 Å². The topological polar surface area (TPSA) is 38.5 Å². The van der Waals surface area contributed by atoms with Crippen LogP contribution >= 0.6 is 27.3 Å². The summed E-state index contributed by atoms with van der Waals surface area (Å²) < 4.78 is 6.10. The van der Waals surface area contributed by atoms with Gasteiger partial charge in [0.15, 0.2) is 0 Å². The van der Waals surface area contributed by atoms with Gasteiger partial charge >= 0.3 is 0 Å². The molecule has 1 aliphatic rings. The van der Waals surface area contributed by atoms with Gasteiger partial charge in [-0.1, -0.05) is 11.2 Å². The Morgan fingerprint density at radius 1 is 1.53 bits per heavy atom. The van der Waals surface area contributed by atoms with E-state index in [0.29, 0.717) is 5.88 Å². The second-order valence-corrected chi connectivity index (χ2v) is 5.38. The van der Waals surface area contributed by atoms with Crippen molar-refractivity contribution in [3.63, 3.8) is 0 Å². The molecule has 0 amide bonds. The van der Waals surface area contributed by atoms with E-state index in [1.54, 1.807) is 22.7 Å². The molecule has 0 fully saturated rings. The first-order valence-corrected chi connectivity index (χ1v) is 6.72. The van der Waals surface area contributed by atoms with E-state index in [2.05, 4.69) is 27.2 Å². The number of anilines is 1. The summed E-state index contributed by atoms with van der Waals surface area (Å²) in [6.07, 6.45) is 3.64. The molecule has 6 heteroatoms. The van der Waals surface area contributed by atoms with Crippen LogP contribution in [0, 0.1) is 6.92 Å². The van der Waals surface area contributed by atoms with Crippen LogP contribution in [0.25, 0.3) is 0 Å². The summed E-state index contributed by atoms with van der Waals surface area (Å²) in [4.78, 5) is 6.66. The summed E-state index contributed by atoms with van der Waals surface area (Å²) in [7, 11) is 0. The fraction of sp³-hybridized carbons (Fsp3) is 0.182. The molecule has 0 aromatic carbocycles. The van der Waals surface area contributed by atoms with Gasteiger partial charge in [0.2, 0.25) is 0 Å². The summed E-state index contributed by atoms with van der Waals surface area (Å²) in [5, 5.41) is 7.65. The van der Waals surface area contributed by atoms with Crippen LogP contribution in [0.1, 0.15) is 16.6 Å². The van der Waals surface area contributed by atoms with E-state index >= 15 is 0 Å². The molecule has 3 rings (SSSR count). The Kier molecular flexibility index (Phi) is 2.68. The maximum absolute atomic E-state index is 5.47. The van der Waals surface area contributed by atoms with Gasteiger partial charge in [0, 0.05) is 4.88 Å². The van der Waals surface area contributed by atoms with E-state index in [1.165, 1.54) is 4.88 Å². The molecule has 0 radical (unpaired) electrons. The average molecular weight is 313 g/mol. The zero-order chi connectivity index (χ0) is 11.8. The standard InChI is InChI=1S/C11H9BrN2O2S/c1-7-10(12)11(16-13-7)14-8(4-5-15-14)9-3-2-6-17-9/h2-6,8H,1H3. The SMILES string of the molecule is Cc1noc(N2OC=CC2c2cccs2)c1Br. The molecule has 88 valence electrons. The highest BCUT2D eigenvalue weighted by Crippen LogP contribution is 2.39. The fourth-order valence-corrected chi connectivity index (χ4v) is 2.75. The van der Waals surface area contributed by atoms with Gasteiger partial charge in [0.1, 0.15) is 16.8 Å². The molecule has 1 aliphatic heterocycles. The van der Waals surface area contributed by atoms with Crippen LogP contribution in [-0.2, 0) is 4.84 Å². The molecule has 0 saturated heterocycles. The molecule has 0 bridgehead atoms. The number of hydrogen-bond acceptors (Lipinski definition) is 5. The lowest BCUT2D eigenvalue weighted by Crippen LogP contribution is -2.20. The van der Waals surface area contributed by atoms with E-state index in [0.717, 1.165) is 10.2 Å².